The predicted molar refractivity (Wildman–Crippen MR) is 75.4 cm³/mol. The Morgan fingerprint density at radius 1 is 1.38 bits per heavy atom. The van der Waals surface area contributed by atoms with Crippen molar-refractivity contribution in [3.8, 4) is 0 Å². The SMILES string of the molecule is O=C(Nc1nncs1)[C@H]1CC(=O)N(c2ccc(F)cc2)C1. The molecule has 1 aromatic heterocycles. The second kappa shape index (κ2) is 5.57. The first-order valence-electron chi connectivity index (χ1n) is 6.26. The van der Waals surface area contributed by atoms with Gasteiger partial charge in [-0.1, -0.05) is 11.3 Å². The van der Waals surface area contributed by atoms with E-state index in [0.29, 0.717) is 10.8 Å². The number of nitrogens with zero attached hydrogens (tertiary/aromatic N) is 3. The molecule has 3 rings (SSSR count). The molecule has 1 saturated heterocycles. The third-order valence-corrected chi connectivity index (χ3v) is 3.83. The van der Waals surface area contributed by atoms with Gasteiger partial charge >= 0.3 is 0 Å². The van der Waals surface area contributed by atoms with Crippen LogP contribution in [-0.4, -0.2) is 28.6 Å². The zero-order valence-corrected chi connectivity index (χ0v) is 11.6. The summed E-state index contributed by atoms with van der Waals surface area (Å²) >= 11 is 1.22. The molecular weight excluding hydrogens is 295 g/mol. The van der Waals surface area contributed by atoms with E-state index in [9.17, 15) is 14.0 Å². The third kappa shape index (κ3) is 2.89. The molecule has 0 unspecified atom stereocenters. The first-order valence-corrected chi connectivity index (χ1v) is 7.14. The molecule has 0 bridgehead atoms. The van der Waals surface area contributed by atoms with Crippen LogP contribution in [-0.2, 0) is 9.59 Å². The van der Waals surface area contributed by atoms with E-state index < -0.39 is 5.92 Å². The van der Waals surface area contributed by atoms with E-state index in [-0.39, 0.29) is 30.6 Å². The molecule has 21 heavy (non-hydrogen) atoms. The summed E-state index contributed by atoms with van der Waals surface area (Å²) in [7, 11) is 0. The van der Waals surface area contributed by atoms with E-state index in [1.54, 1.807) is 0 Å². The molecule has 0 spiro atoms. The van der Waals surface area contributed by atoms with Crippen LogP contribution in [0.5, 0.6) is 0 Å². The van der Waals surface area contributed by atoms with E-state index in [4.69, 9.17) is 0 Å². The number of nitrogens with one attached hydrogen (secondary N) is 1. The lowest BCUT2D eigenvalue weighted by Gasteiger charge is -2.16. The molecule has 1 aliphatic heterocycles. The van der Waals surface area contributed by atoms with Crippen LogP contribution in [0.1, 0.15) is 6.42 Å². The Bertz CT molecular complexity index is 659. The summed E-state index contributed by atoms with van der Waals surface area (Å²) in [5.74, 6) is -1.23. The Morgan fingerprint density at radius 3 is 2.81 bits per heavy atom. The molecule has 1 aromatic carbocycles. The van der Waals surface area contributed by atoms with Crippen molar-refractivity contribution in [2.75, 3.05) is 16.8 Å². The molecule has 1 fully saturated rings. The Labute approximate surface area is 123 Å². The van der Waals surface area contributed by atoms with E-state index in [2.05, 4.69) is 15.5 Å². The zero-order chi connectivity index (χ0) is 14.8. The van der Waals surface area contributed by atoms with E-state index in [1.807, 2.05) is 0 Å². The molecule has 0 radical (unpaired) electrons. The van der Waals surface area contributed by atoms with Gasteiger partial charge < -0.3 is 10.2 Å². The smallest absolute Gasteiger partial charge is 0.231 e. The molecule has 108 valence electrons. The maximum Gasteiger partial charge on any atom is 0.231 e. The summed E-state index contributed by atoms with van der Waals surface area (Å²) < 4.78 is 12.9. The van der Waals surface area contributed by atoms with Crippen molar-refractivity contribution in [2.24, 2.45) is 5.92 Å². The topological polar surface area (TPSA) is 75.2 Å². The quantitative estimate of drug-likeness (QED) is 0.936. The van der Waals surface area contributed by atoms with Crippen LogP contribution >= 0.6 is 11.3 Å². The standard InChI is InChI=1S/C13H11FN4O2S/c14-9-1-3-10(4-2-9)18-6-8(5-11(18)19)12(20)16-13-17-15-7-21-13/h1-4,7-8H,5-6H2,(H,16,17,20)/t8-/m0/s1. The Balaban J connectivity index is 1.69. The van der Waals surface area contributed by atoms with Crippen LogP contribution in [0.2, 0.25) is 0 Å². The first kappa shape index (κ1) is 13.6. The van der Waals surface area contributed by atoms with E-state index in [0.717, 1.165) is 0 Å². The number of halogens is 1. The highest BCUT2D eigenvalue weighted by Crippen LogP contribution is 2.26. The van der Waals surface area contributed by atoms with Crippen molar-refractivity contribution in [2.45, 2.75) is 6.42 Å². The molecule has 8 heteroatoms. The lowest BCUT2D eigenvalue weighted by Crippen LogP contribution is -2.28. The minimum Gasteiger partial charge on any atom is -0.312 e. The van der Waals surface area contributed by atoms with Crippen LogP contribution in [0.15, 0.2) is 29.8 Å². The number of hydrogen-bond donors (Lipinski definition) is 1. The van der Waals surface area contributed by atoms with Gasteiger partial charge in [0, 0.05) is 18.7 Å². The van der Waals surface area contributed by atoms with Crippen LogP contribution in [0.4, 0.5) is 15.2 Å². The van der Waals surface area contributed by atoms with Gasteiger partial charge in [-0.2, -0.15) is 0 Å². The van der Waals surface area contributed by atoms with Crippen molar-refractivity contribution in [1.29, 1.82) is 0 Å². The van der Waals surface area contributed by atoms with Crippen molar-refractivity contribution >= 4 is 34.0 Å². The van der Waals surface area contributed by atoms with Crippen molar-refractivity contribution < 1.29 is 14.0 Å². The largest absolute Gasteiger partial charge is 0.312 e. The fourth-order valence-corrected chi connectivity index (χ4v) is 2.64. The molecule has 0 saturated carbocycles. The summed E-state index contributed by atoms with van der Waals surface area (Å²) in [6.45, 7) is 0.273. The summed E-state index contributed by atoms with van der Waals surface area (Å²) in [4.78, 5) is 25.6. The molecule has 2 amide bonds. The highest BCUT2D eigenvalue weighted by atomic mass is 32.1. The van der Waals surface area contributed by atoms with Crippen LogP contribution in [0.3, 0.4) is 0 Å². The van der Waals surface area contributed by atoms with Crippen LogP contribution in [0.25, 0.3) is 0 Å². The molecular formula is C13H11FN4O2S. The molecule has 0 aliphatic carbocycles. The lowest BCUT2D eigenvalue weighted by atomic mass is 10.1. The summed E-state index contributed by atoms with van der Waals surface area (Å²) in [6.07, 6.45) is 0.127. The van der Waals surface area contributed by atoms with Gasteiger partial charge in [0.2, 0.25) is 16.9 Å². The lowest BCUT2D eigenvalue weighted by molar-refractivity contribution is -0.122. The normalized spacial score (nSPS) is 18.0. The van der Waals surface area contributed by atoms with E-state index in [1.165, 1.54) is 46.0 Å². The fraction of sp³-hybridized carbons (Fsp3) is 0.231. The van der Waals surface area contributed by atoms with Crippen molar-refractivity contribution in [3.63, 3.8) is 0 Å². The maximum absolute atomic E-state index is 12.9. The molecule has 6 nitrogen and oxygen atoms in total. The maximum atomic E-state index is 12.9. The van der Waals surface area contributed by atoms with Crippen molar-refractivity contribution in [3.05, 3.63) is 35.6 Å². The summed E-state index contributed by atoms with van der Waals surface area (Å²) in [6, 6.07) is 5.63. The average Bonchev–Trinajstić information content (AvgIpc) is 3.09. The predicted octanol–water partition coefficient (Wildman–Crippen LogP) is 1.67. The Kier molecular flexibility index (Phi) is 3.61. The van der Waals surface area contributed by atoms with Gasteiger partial charge in [-0.05, 0) is 24.3 Å². The number of aromatic nitrogens is 2. The average molecular weight is 306 g/mol. The molecule has 2 heterocycles. The number of anilines is 2. The molecule has 1 N–H and O–H groups in total. The van der Waals surface area contributed by atoms with Crippen LogP contribution in [0, 0.1) is 11.7 Å². The van der Waals surface area contributed by atoms with Gasteiger partial charge in [0.1, 0.15) is 11.3 Å². The van der Waals surface area contributed by atoms with Crippen LogP contribution < -0.4 is 10.2 Å². The molecule has 2 aromatic rings. The number of carbonyl (C=O) groups is 2. The third-order valence-electron chi connectivity index (χ3n) is 3.22. The molecule has 1 atom stereocenters. The number of hydrogen-bond acceptors (Lipinski definition) is 5. The van der Waals surface area contributed by atoms with Gasteiger partial charge in [-0.15, -0.1) is 10.2 Å². The number of amides is 2. The minimum absolute atomic E-state index is 0.127. The van der Waals surface area contributed by atoms with Gasteiger partial charge in [0.25, 0.3) is 0 Å². The van der Waals surface area contributed by atoms with Gasteiger partial charge in [-0.25, -0.2) is 4.39 Å². The van der Waals surface area contributed by atoms with Gasteiger partial charge in [-0.3, -0.25) is 9.59 Å². The Hall–Kier alpha value is -2.35. The van der Waals surface area contributed by atoms with Gasteiger partial charge in [0.05, 0.1) is 5.92 Å². The highest BCUT2D eigenvalue weighted by molar-refractivity contribution is 7.13. The number of benzene rings is 1. The second-order valence-corrected chi connectivity index (χ2v) is 5.45. The first-order chi connectivity index (χ1) is 10.1. The number of rotatable bonds is 3. The zero-order valence-electron chi connectivity index (χ0n) is 10.8. The minimum atomic E-state index is -0.452. The highest BCUT2D eigenvalue weighted by Gasteiger charge is 2.35. The molecule has 1 aliphatic rings. The number of carbonyl (C=O) groups excluding carboxylic acids is 2. The Morgan fingerprint density at radius 2 is 2.14 bits per heavy atom. The summed E-state index contributed by atoms with van der Waals surface area (Å²) in [5.41, 5.74) is 2.10. The fourth-order valence-electron chi connectivity index (χ4n) is 2.19. The van der Waals surface area contributed by atoms with E-state index >= 15 is 0 Å². The second-order valence-electron chi connectivity index (χ2n) is 4.61. The van der Waals surface area contributed by atoms with Gasteiger partial charge in [0.15, 0.2) is 0 Å². The van der Waals surface area contributed by atoms with Crippen molar-refractivity contribution in [1.82, 2.24) is 10.2 Å². The monoisotopic (exact) mass is 306 g/mol. The summed E-state index contributed by atoms with van der Waals surface area (Å²) in [5, 5.41) is 10.4.